The molecular formula is C26H27F6N3O3. The highest BCUT2D eigenvalue weighted by atomic mass is 19.4. The third kappa shape index (κ3) is 6.58. The normalized spacial score (nSPS) is 17.2. The summed E-state index contributed by atoms with van der Waals surface area (Å²) >= 11 is 0. The molecule has 2 aliphatic heterocycles. The average Bonchev–Trinajstić information content (AvgIpc) is 3.42. The predicted octanol–water partition coefficient (Wildman–Crippen LogP) is 5.34. The zero-order chi connectivity index (χ0) is 27.5. The molecule has 0 aromatic heterocycles. The number of ether oxygens (including phenoxy) is 1. The van der Waals surface area contributed by atoms with Crippen LogP contribution in [0.2, 0.25) is 0 Å². The first-order valence-electron chi connectivity index (χ1n) is 12.2. The lowest BCUT2D eigenvalue weighted by molar-refractivity contribution is -0.308. The number of hydrogen-bond acceptors (Lipinski definition) is 4. The smallest absolute Gasteiger partial charge is 0.426 e. The molecular weight excluding hydrogens is 516 g/mol. The summed E-state index contributed by atoms with van der Waals surface area (Å²) in [5.74, 6) is -0.0807. The Balaban J connectivity index is 1.44. The molecule has 0 unspecified atom stereocenters. The number of alkyl halides is 6. The Bertz CT molecular complexity index is 1110. The highest BCUT2D eigenvalue weighted by Crippen LogP contribution is 2.36. The van der Waals surface area contributed by atoms with Crippen LogP contribution in [-0.2, 0) is 11.3 Å². The van der Waals surface area contributed by atoms with Gasteiger partial charge in [-0.3, -0.25) is 9.69 Å². The van der Waals surface area contributed by atoms with Crippen molar-refractivity contribution >= 4 is 12.0 Å². The maximum absolute atomic E-state index is 13.4. The summed E-state index contributed by atoms with van der Waals surface area (Å²) in [5, 5.41) is 0. The second-order valence-corrected chi connectivity index (χ2v) is 9.35. The average molecular weight is 544 g/mol. The van der Waals surface area contributed by atoms with Crippen LogP contribution in [-0.4, -0.2) is 84.4 Å². The van der Waals surface area contributed by atoms with Crippen LogP contribution < -0.4 is 0 Å². The summed E-state index contributed by atoms with van der Waals surface area (Å²) < 4.78 is 80.3. The highest BCUT2D eigenvalue weighted by Gasteiger charge is 2.60. The molecule has 2 fully saturated rings. The molecule has 2 aromatic rings. The molecule has 0 bridgehead atoms. The van der Waals surface area contributed by atoms with Gasteiger partial charge in [0.05, 0.1) is 0 Å². The Hall–Kier alpha value is -3.28. The van der Waals surface area contributed by atoms with Gasteiger partial charge in [0.2, 0.25) is 0 Å². The lowest BCUT2D eigenvalue weighted by Crippen LogP contribution is -2.52. The summed E-state index contributed by atoms with van der Waals surface area (Å²) in [5.41, 5.74) is 3.14. The summed E-state index contributed by atoms with van der Waals surface area (Å²) in [4.78, 5) is 29.9. The number of carbonyl (C=O) groups excluding carboxylic acids is 2. The second-order valence-electron chi connectivity index (χ2n) is 9.35. The van der Waals surface area contributed by atoms with Gasteiger partial charge in [-0.2, -0.15) is 26.3 Å². The van der Waals surface area contributed by atoms with E-state index in [9.17, 15) is 35.9 Å². The van der Waals surface area contributed by atoms with E-state index in [4.69, 9.17) is 0 Å². The molecule has 0 radical (unpaired) electrons. The Morgan fingerprint density at radius 1 is 0.763 bits per heavy atom. The topological polar surface area (TPSA) is 53.1 Å². The van der Waals surface area contributed by atoms with E-state index in [1.165, 1.54) is 0 Å². The molecule has 0 N–H and O–H groups in total. The molecule has 2 aromatic carbocycles. The van der Waals surface area contributed by atoms with Crippen molar-refractivity contribution in [2.75, 3.05) is 39.3 Å². The van der Waals surface area contributed by atoms with Crippen LogP contribution >= 0.6 is 0 Å². The zero-order valence-electron chi connectivity index (χ0n) is 20.4. The molecule has 2 heterocycles. The third-order valence-corrected chi connectivity index (χ3v) is 6.68. The van der Waals surface area contributed by atoms with Gasteiger partial charge >= 0.3 is 18.4 Å². The van der Waals surface area contributed by atoms with Crippen LogP contribution in [0.1, 0.15) is 28.8 Å². The van der Waals surface area contributed by atoms with Crippen molar-refractivity contribution in [3.63, 3.8) is 0 Å². The molecule has 6 nitrogen and oxygen atoms in total. The Kier molecular flexibility index (Phi) is 8.19. The van der Waals surface area contributed by atoms with Crippen LogP contribution in [0.4, 0.5) is 31.1 Å². The van der Waals surface area contributed by atoms with E-state index in [0.29, 0.717) is 25.2 Å². The number of benzene rings is 2. The number of carbonyl (C=O) groups is 2. The van der Waals surface area contributed by atoms with Crippen molar-refractivity contribution in [3.8, 4) is 11.1 Å². The first-order chi connectivity index (χ1) is 17.9. The lowest BCUT2D eigenvalue weighted by Gasteiger charge is -2.35. The summed E-state index contributed by atoms with van der Waals surface area (Å²) in [6.07, 6.45) is -15.5. The molecule has 0 saturated carbocycles. The fraction of sp³-hybridized carbons (Fsp3) is 0.462. The van der Waals surface area contributed by atoms with E-state index >= 15 is 0 Å². The van der Waals surface area contributed by atoms with Gasteiger partial charge in [-0.25, -0.2) is 4.79 Å². The monoisotopic (exact) mass is 543 g/mol. The maximum atomic E-state index is 13.4. The number of piperazine rings is 1. The van der Waals surface area contributed by atoms with Gasteiger partial charge in [0.1, 0.15) is 0 Å². The number of rotatable bonds is 5. The van der Waals surface area contributed by atoms with Gasteiger partial charge in [-0.1, -0.05) is 42.5 Å². The molecule has 38 heavy (non-hydrogen) atoms. The molecule has 206 valence electrons. The first kappa shape index (κ1) is 27.7. The quantitative estimate of drug-likeness (QED) is 0.478. The summed E-state index contributed by atoms with van der Waals surface area (Å²) in [6, 6.07) is 15.2. The van der Waals surface area contributed by atoms with Crippen molar-refractivity contribution < 1.29 is 40.7 Å². The molecule has 2 aliphatic rings. The standard InChI is InChI=1S/C26H27F6N3O3/c27-25(28,29)23(26(30,31)32)38-24(37)35-14-12-33(13-15-35)17-20-9-8-19(18-6-2-1-3-7-18)16-21(20)22(36)34-10-4-5-11-34/h1-3,6-9,16,23H,4-5,10-15,17H2. The Morgan fingerprint density at radius 2 is 1.37 bits per heavy atom. The van der Waals surface area contributed by atoms with Crippen molar-refractivity contribution in [3.05, 3.63) is 59.7 Å². The Morgan fingerprint density at radius 3 is 1.95 bits per heavy atom. The highest BCUT2D eigenvalue weighted by molar-refractivity contribution is 5.97. The predicted molar refractivity (Wildman–Crippen MR) is 126 cm³/mol. The van der Waals surface area contributed by atoms with Crippen LogP contribution in [0.15, 0.2) is 48.5 Å². The van der Waals surface area contributed by atoms with Crippen LogP contribution in [0.3, 0.4) is 0 Å². The van der Waals surface area contributed by atoms with E-state index in [1.54, 1.807) is 4.90 Å². The maximum Gasteiger partial charge on any atom is 0.434 e. The van der Waals surface area contributed by atoms with E-state index in [-0.39, 0.29) is 32.1 Å². The minimum absolute atomic E-state index is 0.0807. The third-order valence-electron chi connectivity index (χ3n) is 6.68. The molecule has 12 heteroatoms. The molecule has 0 spiro atoms. The van der Waals surface area contributed by atoms with Crippen LogP contribution in [0.5, 0.6) is 0 Å². The molecule has 0 atom stereocenters. The molecule has 2 amide bonds. The second kappa shape index (κ2) is 11.2. The largest absolute Gasteiger partial charge is 0.434 e. The zero-order valence-corrected chi connectivity index (χ0v) is 20.4. The van der Waals surface area contributed by atoms with Crippen LogP contribution in [0.25, 0.3) is 11.1 Å². The summed E-state index contributed by atoms with van der Waals surface area (Å²) in [6.45, 7) is 1.83. The molecule has 4 rings (SSSR count). The minimum Gasteiger partial charge on any atom is -0.426 e. The van der Waals surface area contributed by atoms with Crippen molar-refractivity contribution in [1.29, 1.82) is 0 Å². The fourth-order valence-corrected chi connectivity index (χ4v) is 4.64. The number of halogens is 6. The Labute approximate surface area is 215 Å². The van der Waals surface area contributed by atoms with Crippen molar-refractivity contribution in [2.45, 2.75) is 37.8 Å². The molecule has 2 saturated heterocycles. The van der Waals surface area contributed by atoms with Gasteiger partial charge in [0.15, 0.2) is 0 Å². The number of likely N-dealkylation sites (tertiary alicyclic amines) is 1. The van der Waals surface area contributed by atoms with E-state index in [0.717, 1.165) is 34.4 Å². The van der Waals surface area contributed by atoms with Gasteiger partial charge in [0, 0.05) is 51.4 Å². The number of amides is 2. The van der Waals surface area contributed by atoms with E-state index in [1.807, 2.05) is 53.4 Å². The van der Waals surface area contributed by atoms with Crippen LogP contribution in [0, 0.1) is 0 Å². The first-order valence-corrected chi connectivity index (χ1v) is 12.2. The minimum atomic E-state index is -5.76. The number of hydrogen-bond donors (Lipinski definition) is 0. The van der Waals surface area contributed by atoms with E-state index in [2.05, 4.69) is 4.74 Å². The van der Waals surface area contributed by atoms with Gasteiger partial charge in [-0.15, -0.1) is 0 Å². The fourth-order valence-electron chi connectivity index (χ4n) is 4.64. The molecule has 0 aliphatic carbocycles. The SMILES string of the molecule is O=C(OC(C(F)(F)F)C(F)(F)F)N1CCN(Cc2ccc(-c3ccccc3)cc2C(=O)N2CCCC2)CC1. The lowest BCUT2D eigenvalue weighted by atomic mass is 9.97. The number of nitrogens with zero attached hydrogens (tertiary/aromatic N) is 3. The summed E-state index contributed by atoms with van der Waals surface area (Å²) in [7, 11) is 0. The van der Waals surface area contributed by atoms with Gasteiger partial charge < -0.3 is 14.5 Å². The van der Waals surface area contributed by atoms with Crippen molar-refractivity contribution in [1.82, 2.24) is 14.7 Å². The van der Waals surface area contributed by atoms with E-state index < -0.39 is 24.5 Å². The van der Waals surface area contributed by atoms with Gasteiger partial charge in [-0.05, 0) is 35.6 Å². The van der Waals surface area contributed by atoms with Crippen molar-refractivity contribution in [2.24, 2.45) is 0 Å². The van der Waals surface area contributed by atoms with Gasteiger partial charge in [0.25, 0.3) is 12.0 Å².